The van der Waals surface area contributed by atoms with Crippen LogP contribution in [0.1, 0.15) is 25.5 Å². The molecule has 0 bridgehead atoms. The molecule has 1 fully saturated rings. The molecular formula is C20H22N4O5. The van der Waals surface area contributed by atoms with E-state index in [1.807, 2.05) is 29.2 Å². The summed E-state index contributed by atoms with van der Waals surface area (Å²) >= 11 is 0. The molecule has 152 valence electrons. The number of anilines is 2. The van der Waals surface area contributed by atoms with Gasteiger partial charge in [0.1, 0.15) is 5.52 Å². The zero-order chi connectivity index (χ0) is 20.4. The molecule has 1 amide bonds. The molecule has 1 aromatic carbocycles. The van der Waals surface area contributed by atoms with E-state index in [-0.39, 0.29) is 17.8 Å². The molecule has 0 radical (unpaired) electrons. The fraction of sp³-hybridized carbons (Fsp3) is 0.400. The van der Waals surface area contributed by atoms with Gasteiger partial charge < -0.3 is 18.6 Å². The number of fused-ring (bicyclic) bond motifs is 1. The maximum atomic E-state index is 12.5. The number of oxazole rings is 1. The van der Waals surface area contributed by atoms with Crippen molar-refractivity contribution in [2.24, 2.45) is 5.92 Å². The van der Waals surface area contributed by atoms with E-state index in [0.717, 1.165) is 11.1 Å². The van der Waals surface area contributed by atoms with Gasteiger partial charge in [0.15, 0.2) is 11.7 Å². The van der Waals surface area contributed by atoms with Crippen LogP contribution in [0.3, 0.4) is 0 Å². The largest absolute Gasteiger partial charge is 0.452 e. The molecule has 9 nitrogen and oxygen atoms in total. The molecule has 2 aromatic heterocycles. The molecule has 1 saturated heterocycles. The van der Waals surface area contributed by atoms with Crippen molar-refractivity contribution >= 4 is 34.9 Å². The van der Waals surface area contributed by atoms with E-state index in [4.69, 9.17) is 13.7 Å². The molecule has 3 aromatic rings. The SMILES string of the molecule is Cc1cc(NC(=O)[C@@H](C)OC(=O)C2CCN(c3nc4ccccc4o3)CC2)on1. The van der Waals surface area contributed by atoms with E-state index >= 15 is 0 Å². The summed E-state index contributed by atoms with van der Waals surface area (Å²) < 4.78 is 16.1. The Morgan fingerprint density at radius 3 is 2.72 bits per heavy atom. The van der Waals surface area contributed by atoms with Crippen molar-refractivity contribution in [3.63, 3.8) is 0 Å². The lowest BCUT2D eigenvalue weighted by molar-refractivity contribution is -0.158. The van der Waals surface area contributed by atoms with E-state index in [9.17, 15) is 9.59 Å². The molecule has 0 aliphatic carbocycles. The van der Waals surface area contributed by atoms with Crippen LogP contribution >= 0.6 is 0 Å². The zero-order valence-electron chi connectivity index (χ0n) is 16.3. The first kappa shape index (κ1) is 19.0. The van der Waals surface area contributed by atoms with Gasteiger partial charge >= 0.3 is 5.97 Å². The summed E-state index contributed by atoms with van der Waals surface area (Å²) in [6.07, 6.45) is 0.281. The highest BCUT2D eigenvalue weighted by atomic mass is 16.5. The van der Waals surface area contributed by atoms with Crippen LogP contribution in [-0.2, 0) is 14.3 Å². The van der Waals surface area contributed by atoms with E-state index in [0.29, 0.717) is 37.6 Å². The first-order valence-electron chi connectivity index (χ1n) is 9.55. The number of para-hydroxylation sites is 2. The quantitative estimate of drug-likeness (QED) is 0.653. The first-order chi connectivity index (χ1) is 14.0. The monoisotopic (exact) mass is 398 g/mol. The first-order valence-corrected chi connectivity index (χ1v) is 9.55. The number of carbonyl (C=O) groups excluding carboxylic acids is 2. The number of nitrogens with one attached hydrogen (secondary N) is 1. The molecule has 1 atom stereocenters. The van der Waals surface area contributed by atoms with Crippen LogP contribution in [0, 0.1) is 12.8 Å². The maximum absolute atomic E-state index is 12.5. The Morgan fingerprint density at radius 1 is 1.28 bits per heavy atom. The summed E-state index contributed by atoms with van der Waals surface area (Å²) in [4.78, 5) is 31.1. The smallest absolute Gasteiger partial charge is 0.309 e. The maximum Gasteiger partial charge on any atom is 0.309 e. The molecule has 29 heavy (non-hydrogen) atoms. The third-order valence-electron chi connectivity index (χ3n) is 4.92. The topological polar surface area (TPSA) is 111 Å². The van der Waals surface area contributed by atoms with Crippen LogP contribution in [0.5, 0.6) is 0 Å². The van der Waals surface area contributed by atoms with Gasteiger partial charge in [-0.25, -0.2) is 0 Å². The van der Waals surface area contributed by atoms with Gasteiger partial charge in [0.2, 0.25) is 5.88 Å². The summed E-state index contributed by atoms with van der Waals surface area (Å²) in [6.45, 7) is 4.54. The number of esters is 1. The van der Waals surface area contributed by atoms with Crippen LogP contribution in [0.25, 0.3) is 11.1 Å². The van der Waals surface area contributed by atoms with E-state index in [1.165, 1.54) is 6.92 Å². The lowest BCUT2D eigenvalue weighted by atomic mass is 9.97. The minimum absolute atomic E-state index is 0.224. The van der Waals surface area contributed by atoms with Crippen molar-refractivity contribution in [2.45, 2.75) is 32.8 Å². The molecule has 1 aliphatic rings. The number of amides is 1. The third kappa shape index (κ3) is 4.23. The summed E-state index contributed by atoms with van der Waals surface area (Å²) in [5.74, 6) is -0.877. The Balaban J connectivity index is 1.28. The van der Waals surface area contributed by atoms with E-state index in [1.54, 1.807) is 13.0 Å². The Kier molecular flexibility index (Phi) is 5.20. The van der Waals surface area contributed by atoms with Gasteiger partial charge in [-0.3, -0.25) is 14.9 Å². The van der Waals surface area contributed by atoms with Gasteiger partial charge in [-0.05, 0) is 38.8 Å². The highest BCUT2D eigenvalue weighted by molar-refractivity contribution is 5.94. The van der Waals surface area contributed by atoms with Gasteiger partial charge in [-0.15, -0.1) is 0 Å². The van der Waals surface area contributed by atoms with Gasteiger partial charge in [-0.1, -0.05) is 17.3 Å². The minimum atomic E-state index is -0.928. The number of rotatable bonds is 5. The van der Waals surface area contributed by atoms with Crippen LogP contribution < -0.4 is 10.2 Å². The van der Waals surface area contributed by atoms with Crippen molar-refractivity contribution in [2.75, 3.05) is 23.3 Å². The van der Waals surface area contributed by atoms with Crippen LogP contribution in [0.15, 0.2) is 39.3 Å². The highest BCUT2D eigenvalue weighted by Crippen LogP contribution is 2.27. The number of ether oxygens (including phenoxy) is 1. The molecule has 0 unspecified atom stereocenters. The van der Waals surface area contributed by atoms with Gasteiger partial charge in [0, 0.05) is 19.2 Å². The lowest BCUT2D eigenvalue weighted by Gasteiger charge is -2.30. The average Bonchev–Trinajstić information content (AvgIpc) is 3.33. The fourth-order valence-corrected chi connectivity index (χ4v) is 3.27. The number of aryl methyl sites for hydroxylation is 1. The molecule has 0 spiro atoms. The number of hydrogen-bond acceptors (Lipinski definition) is 8. The summed E-state index contributed by atoms with van der Waals surface area (Å²) in [6, 6.07) is 9.75. The third-order valence-corrected chi connectivity index (χ3v) is 4.92. The van der Waals surface area contributed by atoms with Gasteiger partial charge in [0.25, 0.3) is 11.9 Å². The highest BCUT2D eigenvalue weighted by Gasteiger charge is 2.30. The number of benzene rings is 1. The Bertz CT molecular complexity index is 986. The number of hydrogen-bond donors (Lipinski definition) is 1. The van der Waals surface area contributed by atoms with E-state index in [2.05, 4.69) is 15.5 Å². The van der Waals surface area contributed by atoms with Crippen molar-refractivity contribution < 1.29 is 23.3 Å². The second-order valence-electron chi connectivity index (χ2n) is 7.13. The zero-order valence-corrected chi connectivity index (χ0v) is 16.3. The van der Waals surface area contributed by atoms with Crippen LogP contribution in [-0.4, -0.2) is 41.2 Å². The van der Waals surface area contributed by atoms with Crippen molar-refractivity contribution in [1.82, 2.24) is 10.1 Å². The minimum Gasteiger partial charge on any atom is -0.452 e. The molecule has 3 heterocycles. The summed E-state index contributed by atoms with van der Waals surface area (Å²) in [5, 5.41) is 6.23. The number of carbonyl (C=O) groups is 2. The molecule has 0 saturated carbocycles. The number of nitrogens with zero attached hydrogens (tertiary/aromatic N) is 3. The number of piperidine rings is 1. The Hall–Kier alpha value is -3.36. The number of aromatic nitrogens is 2. The molecule has 4 rings (SSSR count). The molecule has 1 N–H and O–H groups in total. The normalized spacial score (nSPS) is 16.0. The summed E-state index contributed by atoms with van der Waals surface area (Å²) in [7, 11) is 0. The van der Waals surface area contributed by atoms with Crippen LogP contribution in [0.4, 0.5) is 11.9 Å². The Labute approximate surface area is 167 Å². The standard InChI is InChI=1S/C20H22N4O5/c1-12-11-17(29-23-12)22-18(25)13(2)27-19(26)14-7-9-24(10-8-14)20-21-15-5-3-4-6-16(15)28-20/h3-6,11,13-14H,7-10H2,1-2H3,(H,22,25)/t13-/m1/s1. The van der Waals surface area contributed by atoms with Gasteiger partial charge in [-0.2, -0.15) is 4.98 Å². The molecule has 1 aliphatic heterocycles. The van der Waals surface area contributed by atoms with E-state index < -0.39 is 12.0 Å². The predicted molar refractivity (Wildman–Crippen MR) is 104 cm³/mol. The predicted octanol–water partition coefficient (Wildman–Crippen LogP) is 2.91. The van der Waals surface area contributed by atoms with Crippen LogP contribution in [0.2, 0.25) is 0 Å². The van der Waals surface area contributed by atoms with Gasteiger partial charge in [0.05, 0.1) is 11.6 Å². The summed E-state index contributed by atoms with van der Waals surface area (Å²) in [5.41, 5.74) is 2.20. The van der Waals surface area contributed by atoms with Crippen molar-refractivity contribution in [3.8, 4) is 0 Å². The molecule has 9 heteroatoms. The van der Waals surface area contributed by atoms with Crippen molar-refractivity contribution in [3.05, 3.63) is 36.0 Å². The Morgan fingerprint density at radius 2 is 2.03 bits per heavy atom. The van der Waals surface area contributed by atoms with Crippen molar-refractivity contribution in [1.29, 1.82) is 0 Å². The second-order valence-corrected chi connectivity index (χ2v) is 7.13. The fourth-order valence-electron chi connectivity index (χ4n) is 3.27. The average molecular weight is 398 g/mol. The lowest BCUT2D eigenvalue weighted by Crippen LogP contribution is -2.39. The second kappa shape index (κ2) is 7.94. The molecular weight excluding hydrogens is 376 g/mol.